The quantitative estimate of drug-likeness (QED) is 0.834. The Hall–Kier alpha value is -1.55. The van der Waals surface area contributed by atoms with E-state index in [1.165, 1.54) is 17.5 Å². The molecular weight excluding hydrogens is 254 g/mol. The molecule has 0 aromatic heterocycles. The highest BCUT2D eigenvalue weighted by atomic mass is 16.5. The van der Waals surface area contributed by atoms with E-state index in [0.29, 0.717) is 6.42 Å². The van der Waals surface area contributed by atoms with Crippen LogP contribution in [-0.4, -0.2) is 29.8 Å². The molecule has 1 amide bonds. The second-order valence-electron chi connectivity index (χ2n) is 5.63. The third kappa shape index (κ3) is 4.23. The zero-order valence-corrected chi connectivity index (χ0v) is 12.2. The summed E-state index contributed by atoms with van der Waals surface area (Å²) in [7, 11) is 0. The number of amides is 1. The first-order valence-corrected chi connectivity index (χ1v) is 7.26. The second-order valence-corrected chi connectivity index (χ2v) is 5.63. The van der Waals surface area contributed by atoms with Crippen molar-refractivity contribution in [3.05, 3.63) is 29.3 Å². The van der Waals surface area contributed by atoms with E-state index in [2.05, 4.69) is 11.4 Å². The van der Waals surface area contributed by atoms with Gasteiger partial charge >= 0.3 is 0 Å². The molecule has 0 bridgehead atoms. The van der Waals surface area contributed by atoms with E-state index >= 15 is 0 Å². The average molecular weight is 277 g/mol. The molecular formula is C16H23NO3. The highest BCUT2D eigenvalue weighted by Gasteiger charge is 2.13. The minimum absolute atomic E-state index is 0.0168. The number of rotatable bonds is 6. The second kappa shape index (κ2) is 6.75. The van der Waals surface area contributed by atoms with Gasteiger partial charge in [-0.15, -0.1) is 0 Å². The summed E-state index contributed by atoms with van der Waals surface area (Å²) in [4.78, 5) is 11.7. The Kier molecular flexibility index (Phi) is 5.01. The lowest BCUT2D eigenvalue weighted by Gasteiger charge is -2.15. The molecule has 1 aliphatic rings. The van der Waals surface area contributed by atoms with E-state index in [1.807, 2.05) is 19.1 Å². The maximum absolute atomic E-state index is 11.7. The smallest absolute Gasteiger partial charge is 0.258 e. The van der Waals surface area contributed by atoms with E-state index < -0.39 is 6.10 Å². The number of aliphatic hydroxyl groups is 1. The molecule has 2 rings (SSSR count). The van der Waals surface area contributed by atoms with Gasteiger partial charge in [-0.2, -0.15) is 0 Å². The van der Waals surface area contributed by atoms with Crippen molar-refractivity contribution >= 4 is 5.91 Å². The molecule has 1 aromatic carbocycles. The van der Waals surface area contributed by atoms with Crippen LogP contribution in [-0.2, 0) is 17.6 Å². The third-order valence-electron chi connectivity index (χ3n) is 3.54. The summed E-state index contributed by atoms with van der Waals surface area (Å²) in [6.45, 7) is 3.60. The zero-order valence-electron chi connectivity index (χ0n) is 12.2. The number of carbonyl (C=O) groups excluding carboxylic acids is 1. The molecule has 1 aromatic rings. The van der Waals surface area contributed by atoms with Crippen LogP contribution < -0.4 is 10.1 Å². The minimum atomic E-state index is -0.414. The van der Waals surface area contributed by atoms with Crippen LogP contribution in [0, 0.1) is 0 Å². The Labute approximate surface area is 120 Å². The summed E-state index contributed by atoms with van der Waals surface area (Å²) in [5.74, 6) is 0.600. The molecule has 4 heteroatoms. The van der Waals surface area contributed by atoms with Crippen LogP contribution in [0.3, 0.4) is 0 Å². The summed E-state index contributed by atoms with van der Waals surface area (Å²) in [6, 6.07) is 6.00. The number of benzene rings is 1. The van der Waals surface area contributed by atoms with Crippen LogP contribution in [0.5, 0.6) is 5.75 Å². The van der Waals surface area contributed by atoms with Crippen LogP contribution >= 0.6 is 0 Å². The first-order valence-electron chi connectivity index (χ1n) is 7.26. The van der Waals surface area contributed by atoms with E-state index in [0.717, 1.165) is 18.6 Å². The van der Waals surface area contributed by atoms with Gasteiger partial charge in [0.2, 0.25) is 0 Å². The predicted octanol–water partition coefficient (Wildman–Crippen LogP) is 1.83. The standard InChI is InChI=1S/C16H23NO3/c1-11(8-12(2)18)17-16(19)10-20-15-7-6-13-4-3-5-14(13)9-15/h6-7,9,11-12,18H,3-5,8,10H2,1-2H3,(H,17,19). The van der Waals surface area contributed by atoms with E-state index in [1.54, 1.807) is 6.92 Å². The number of ether oxygens (including phenoxy) is 1. The van der Waals surface area contributed by atoms with Crippen LogP contribution in [0.2, 0.25) is 0 Å². The van der Waals surface area contributed by atoms with Crippen LogP contribution in [0.4, 0.5) is 0 Å². The number of aliphatic hydroxyl groups excluding tert-OH is 1. The van der Waals surface area contributed by atoms with Gasteiger partial charge in [0.1, 0.15) is 5.75 Å². The van der Waals surface area contributed by atoms with Gasteiger partial charge < -0.3 is 15.2 Å². The van der Waals surface area contributed by atoms with Crippen LogP contribution in [0.1, 0.15) is 37.8 Å². The highest BCUT2D eigenvalue weighted by Crippen LogP contribution is 2.25. The van der Waals surface area contributed by atoms with Crippen molar-refractivity contribution in [1.82, 2.24) is 5.32 Å². The molecule has 0 spiro atoms. The summed E-state index contributed by atoms with van der Waals surface area (Å²) in [6.07, 6.45) is 3.58. The van der Waals surface area contributed by atoms with Crippen molar-refractivity contribution in [3.63, 3.8) is 0 Å². The fourth-order valence-corrected chi connectivity index (χ4v) is 2.67. The maximum atomic E-state index is 11.7. The number of fused-ring (bicyclic) bond motifs is 1. The number of hydrogen-bond acceptors (Lipinski definition) is 3. The van der Waals surface area contributed by atoms with Gasteiger partial charge in [-0.1, -0.05) is 6.07 Å². The molecule has 2 N–H and O–H groups in total. The summed E-state index contributed by atoms with van der Waals surface area (Å²) in [5, 5.41) is 12.1. The fourth-order valence-electron chi connectivity index (χ4n) is 2.67. The van der Waals surface area contributed by atoms with Crippen molar-refractivity contribution in [2.45, 2.75) is 51.7 Å². The van der Waals surface area contributed by atoms with Gasteiger partial charge in [0, 0.05) is 6.04 Å². The lowest BCUT2D eigenvalue weighted by molar-refractivity contribution is -0.123. The highest BCUT2D eigenvalue weighted by molar-refractivity contribution is 5.77. The fraction of sp³-hybridized carbons (Fsp3) is 0.562. The first-order chi connectivity index (χ1) is 9.54. The molecule has 1 aliphatic carbocycles. The Morgan fingerprint density at radius 1 is 1.35 bits per heavy atom. The molecule has 0 heterocycles. The first kappa shape index (κ1) is 14.9. The van der Waals surface area contributed by atoms with Crippen LogP contribution in [0.25, 0.3) is 0 Å². The van der Waals surface area contributed by atoms with E-state index in [9.17, 15) is 9.90 Å². The minimum Gasteiger partial charge on any atom is -0.484 e. The molecule has 110 valence electrons. The number of nitrogens with one attached hydrogen (secondary N) is 1. The Morgan fingerprint density at radius 2 is 2.10 bits per heavy atom. The van der Waals surface area contributed by atoms with Crippen molar-refractivity contribution in [3.8, 4) is 5.75 Å². The number of carbonyl (C=O) groups is 1. The van der Waals surface area contributed by atoms with Gasteiger partial charge in [0.05, 0.1) is 6.10 Å². The largest absolute Gasteiger partial charge is 0.484 e. The molecule has 0 radical (unpaired) electrons. The van der Waals surface area contributed by atoms with E-state index in [-0.39, 0.29) is 18.6 Å². The third-order valence-corrected chi connectivity index (χ3v) is 3.54. The molecule has 0 aliphatic heterocycles. The summed E-state index contributed by atoms with van der Waals surface area (Å²) in [5.41, 5.74) is 2.73. The topological polar surface area (TPSA) is 58.6 Å². The SMILES string of the molecule is CC(O)CC(C)NC(=O)COc1ccc2c(c1)CCC2. The average Bonchev–Trinajstić information content (AvgIpc) is 2.82. The summed E-state index contributed by atoms with van der Waals surface area (Å²) < 4.78 is 5.52. The zero-order chi connectivity index (χ0) is 14.5. The number of aryl methyl sites for hydroxylation is 2. The van der Waals surface area contributed by atoms with E-state index in [4.69, 9.17) is 4.74 Å². The Balaban J connectivity index is 1.78. The van der Waals surface area contributed by atoms with Crippen molar-refractivity contribution in [2.24, 2.45) is 0 Å². The molecule has 20 heavy (non-hydrogen) atoms. The van der Waals surface area contributed by atoms with Gasteiger partial charge in [0.25, 0.3) is 5.91 Å². The van der Waals surface area contributed by atoms with Crippen molar-refractivity contribution in [1.29, 1.82) is 0 Å². The summed E-state index contributed by atoms with van der Waals surface area (Å²) >= 11 is 0. The van der Waals surface area contributed by atoms with Gasteiger partial charge in [0.15, 0.2) is 6.61 Å². The molecule has 4 nitrogen and oxygen atoms in total. The van der Waals surface area contributed by atoms with Gasteiger partial charge in [-0.25, -0.2) is 0 Å². The Morgan fingerprint density at radius 3 is 2.85 bits per heavy atom. The lowest BCUT2D eigenvalue weighted by Crippen LogP contribution is -2.37. The number of hydrogen-bond donors (Lipinski definition) is 2. The molecule has 0 saturated heterocycles. The Bertz CT molecular complexity index is 471. The van der Waals surface area contributed by atoms with Gasteiger partial charge in [-0.3, -0.25) is 4.79 Å². The lowest BCUT2D eigenvalue weighted by atomic mass is 10.1. The monoisotopic (exact) mass is 277 g/mol. The molecule has 0 fully saturated rings. The van der Waals surface area contributed by atoms with Crippen molar-refractivity contribution < 1.29 is 14.6 Å². The predicted molar refractivity (Wildman–Crippen MR) is 77.9 cm³/mol. The maximum Gasteiger partial charge on any atom is 0.258 e. The van der Waals surface area contributed by atoms with Crippen LogP contribution in [0.15, 0.2) is 18.2 Å². The molecule has 2 atom stereocenters. The normalized spacial score (nSPS) is 16.4. The van der Waals surface area contributed by atoms with Gasteiger partial charge in [-0.05, 0) is 62.8 Å². The van der Waals surface area contributed by atoms with Crippen molar-refractivity contribution in [2.75, 3.05) is 6.61 Å². The molecule has 2 unspecified atom stereocenters. The molecule has 0 saturated carbocycles.